The van der Waals surface area contributed by atoms with Gasteiger partial charge in [-0.1, -0.05) is 6.92 Å². The Balaban J connectivity index is 2.11. The molecule has 2 nitrogen and oxygen atoms in total. The molecule has 0 aliphatic carbocycles. The molecule has 5 heteroatoms. The van der Waals surface area contributed by atoms with Crippen molar-refractivity contribution in [2.24, 2.45) is 0 Å². The molecule has 1 saturated heterocycles. The highest BCUT2D eigenvalue weighted by Crippen LogP contribution is 2.17. The molecule has 1 aromatic carbocycles. The Morgan fingerprint density at radius 1 is 1.28 bits per heavy atom. The Morgan fingerprint density at radius 2 is 1.94 bits per heavy atom. The summed E-state index contributed by atoms with van der Waals surface area (Å²) in [7, 11) is 0. The minimum absolute atomic E-state index is 0.381. The van der Waals surface area contributed by atoms with E-state index in [4.69, 9.17) is 0 Å². The first kappa shape index (κ1) is 13.4. The predicted molar refractivity (Wildman–Crippen MR) is 63.7 cm³/mol. The van der Waals surface area contributed by atoms with Crippen LogP contribution in [0.3, 0.4) is 0 Å². The number of nitrogens with one attached hydrogen (secondary N) is 1. The summed E-state index contributed by atoms with van der Waals surface area (Å²) in [6, 6.07) is 2.53. The predicted octanol–water partition coefficient (Wildman–Crippen LogP) is 2.29. The zero-order valence-electron chi connectivity index (χ0n) is 10.3. The minimum Gasteiger partial charge on any atom is -0.315 e. The van der Waals surface area contributed by atoms with E-state index in [1.54, 1.807) is 0 Å². The molecule has 0 bridgehead atoms. The first-order valence-corrected chi connectivity index (χ1v) is 6.20. The summed E-state index contributed by atoms with van der Waals surface area (Å²) < 4.78 is 39.1. The Hall–Kier alpha value is -1.07. The van der Waals surface area contributed by atoms with Crippen LogP contribution in [0.1, 0.15) is 18.9 Å². The molecule has 1 unspecified atom stereocenters. The molecule has 1 atom stereocenters. The number of nitrogens with zero attached hydrogens (tertiary/aromatic N) is 1. The number of halogens is 3. The lowest BCUT2D eigenvalue weighted by Crippen LogP contribution is -2.36. The number of likely N-dealkylation sites (N-methyl/N-ethyl adjacent to an activating group) is 1. The van der Waals surface area contributed by atoms with Crippen LogP contribution in [0.2, 0.25) is 0 Å². The Morgan fingerprint density at radius 3 is 2.44 bits per heavy atom. The van der Waals surface area contributed by atoms with E-state index in [0.29, 0.717) is 18.2 Å². The fourth-order valence-electron chi connectivity index (χ4n) is 2.38. The molecule has 1 aromatic rings. The molecule has 1 aliphatic rings. The topological polar surface area (TPSA) is 15.3 Å². The van der Waals surface area contributed by atoms with Crippen molar-refractivity contribution in [3.8, 4) is 0 Å². The molecule has 0 aromatic heterocycles. The van der Waals surface area contributed by atoms with Gasteiger partial charge >= 0.3 is 0 Å². The molecular weight excluding hydrogens is 241 g/mol. The van der Waals surface area contributed by atoms with Gasteiger partial charge in [0, 0.05) is 19.1 Å². The van der Waals surface area contributed by atoms with Gasteiger partial charge in [0.2, 0.25) is 0 Å². The normalized spacial score (nSPS) is 19.7. The standard InChI is InChI=1S/C13H17F3N2/c1-2-18(10-3-4-17-7-10)8-9-5-11(14)13(16)12(15)6-9/h5-6,10,17H,2-4,7-8H2,1H3. The lowest BCUT2D eigenvalue weighted by atomic mass is 10.1. The van der Waals surface area contributed by atoms with E-state index in [1.165, 1.54) is 0 Å². The van der Waals surface area contributed by atoms with Crippen molar-refractivity contribution in [3.63, 3.8) is 0 Å². The quantitative estimate of drug-likeness (QED) is 0.834. The SMILES string of the molecule is CCN(Cc1cc(F)c(F)c(F)c1)C1CCNC1. The summed E-state index contributed by atoms with van der Waals surface area (Å²) in [5.41, 5.74) is 0.472. The maximum atomic E-state index is 13.1. The second kappa shape index (κ2) is 5.71. The maximum Gasteiger partial charge on any atom is 0.194 e. The third kappa shape index (κ3) is 2.84. The molecule has 1 aliphatic heterocycles. The molecule has 0 radical (unpaired) electrons. The second-order valence-corrected chi connectivity index (χ2v) is 4.58. The van der Waals surface area contributed by atoms with Crippen LogP contribution in [-0.2, 0) is 6.54 Å². The summed E-state index contributed by atoms with van der Waals surface area (Å²) in [4.78, 5) is 2.14. The third-order valence-electron chi connectivity index (χ3n) is 3.39. The largest absolute Gasteiger partial charge is 0.315 e. The molecule has 2 rings (SSSR count). The van der Waals surface area contributed by atoms with Crippen molar-refractivity contribution in [1.29, 1.82) is 0 Å². The van der Waals surface area contributed by atoms with Crippen molar-refractivity contribution >= 4 is 0 Å². The van der Waals surface area contributed by atoms with E-state index in [0.717, 1.165) is 38.2 Å². The monoisotopic (exact) mass is 258 g/mol. The van der Waals surface area contributed by atoms with Crippen LogP contribution in [0.25, 0.3) is 0 Å². The smallest absolute Gasteiger partial charge is 0.194 e. The van der Waals surface area contributed by atoms with Gasteiger partial charge in [-0.2, -0.15) is 0 Å². The van der Waals surface area contributed by atoms with E-state index in [1.807, 2.05) is 6.92 Å². The molecule has 1 N–H and O–H groups in total. The van der Waals surface area contributed by atoms with Gasteiger partial charge in [0.15, 0.2) is 17.5 Å². The fraction of sp³-hybridized carbons (Fsp3) is 0.538. The highest BCUT2D eigenvalue weighted by atomic mass is 19.2. The minimum atomic E-state index is -1.40. The van der Waals surface area contributed by atoms with Gasteiger partial charge in [0.1, 0.15) is 0 Å². The molecule has 1 heterocycles. The fourth-order valence-corrected chi connectivity index (χ4v) is 2.38. The van der Waals surface area contributed by atoms with Crippen molar-refractivity contribution in [2.75, 3.05) is 19.6 Å². The zero-order chi connectivity index (χ0) is 13.1. The van der Waals surface area contributed by atoms with Crippen LogP contribution in [0.15, 0.2) is 12.1 Å². The number of benzene rings is 1. The van der Waals surface area contributed by atoms with Gasteiger partial charge in [0.05, 0.1) is 0 Å². The Kier molecular flexibility index (Phi) is 4.24. The summed E-state index contributed by atoms with van der Waals surface area (Å²) in [6.45, 7) is 5.10. The van der Waals surface area contributed by atoms with E-state index in [-0.39, 0.29) is 0 Å². The van der Waals surface area contributed by atoms with E-state index >= 15 is 0 Å². The van der Waals surface area contributed by atoms with Gasteiger partial charge < -0.3 is 5.32 Å². The van der Waals surface area contributed by atoms with Crippen molar-refractivity contribution in [3.05, 3.63) is 35.1 Å². The van der Waals surface area contributed by atoms with Crippen molar-refractivity contribution < 1.29 is 13.2 Å². The molecule has 1 fully saturated rings. The molecule has 0 saturated carbocycles. The molecule has 0 amide bonds. The van der Waals surface area contributed by atoms with E-state index < -0.39 is 17.5 Å². The average Bonchev–Trinajstić information content (AvgIpc) is 2.86. The number of rotatable bonds is 4. The van der Waals surface area contributed by atoms with Crippen LogP contribution in [0.4, 0.5) is 13.2 Å². The van der Waals surface area contributed by atoms with Gasteiger partial charge in [0.25, 0.3) is 0 Å². The van der Waals surface area contributed by atoms with Crippen LogP contribution in [-0.4, -0.2) is 30.6 Å². The molecule has 0 spiro atoms. The van der Waals surface area contributed by atoms with E-state index in [9.17, 15) is 13.2 Å². The highest BCUT2D eigenvalue weighted by Gasteiger charge is 2.21. The lowest BCUT2D eigenvalue weighted by molar-refractivity contribution is 0.209. The van der Waals surface area contributed by atoms with Crippen LogP contribution in [0, 0.1) is 17.5 Å². The van der Waals surface area contributed by atoms with Crippen LogP contribution < -0.4 is 5.32 Å². The summed E-state index contributed by atoms with van der Waals surface area (Å²) >= 11 is 0. The number of hydrogen-bond donors (Lipinski definition) is 1. The first-order valence-electron chi connectivity index (χ1n) is 6.20. The summed E-state index contributed by atoms with van der Waals surface area (Å²) in [5, 5.41) is 3.25. The highest BCUT2D eigenvalue weighted by molar-refractivity contribution is 5.19. The lowest BCUT2D eigenvalue weighted by Gasteiger charge is -2.26. The number of hydrogen-bond acceptors (Lipinski definition) is 2. The van der Waals surface area contributed by atoms with Gasteiger partial charge in [-0.3, -0.25) is 4.90 Å². The van der Waals surface area contributed by atoms with Crippen LogP contribution in [0.5, 0.6) is 0 Å². The van der Waals surface area contributed by atoms with Gasteiger partial charge in [-0.15, -0.1) is 0 Å². The summed E-state index contributed by atoms with van der Waals surface area (Å²) in [5.74, 6) is -3.64. The van der Waals surface area contributed by atoms with E-state index in [2.05, 4.69) is 10.2 Å². The third-order valence-corrected chi connectivity index (χ3v) is 3.39. The van der Waals surface area contributed by atoms with Crippen molar-refractivity contribution in [1.82, 2.24) is 10.2 Å². The molecular formula is C13H17F3N2. The average molecular weight is 258 g/mol. The van der Waals surface area contributed by atoms with Crippen molar-refractivity contribution in [2.45, 2.75) is 25.9 Å². The maximum absolute atomic E-state index is 13.1. The summed E-state index contributed by atoms with van der Waals surface area (Å²) in [6.07, 6.45) is 1.03. The zero-order valence-corrected chi connectivity index (χ0v) is 10.3. The Bertz CT molecular complexity index is 394. The van der Waals surface area contributed by atoms with Crippen LogP contribution >= 0.6 is 0 Å². The van der Waals surface area contributed by atoms with Gasteiger partial charge in [-0.25, -0.2) is 13.2 Å². The van der Waals surface area contributed by atoms with Gasteiger partial charge in [-0.05, 0) is 37.2 Å². The molecule has 18 heavy (non-hydrogen) atoms. The second-order valence-electron chi connectivity index (χ2n) is 4.58. The first-order chi connectivity index (χ1) is 8.61. The molecule has 100 valence electrons. The Labute approximate surface area is 105 Å².